The zero-order valence-corrected chi connectivity index (χ0v) is 9.80. The highest BCUT2D eigenvalue weighted by Gasteiger charge is 2.25. The van der Waals surface area contributed by atoms with Crippen molar-refractivity contribution in [2.24, 2.45) is 11.7 Å². The standard InChI is InChI=1S/C12H17NOS/c1-14-12-5-3-2-4-9(12)6-10-7-15-8-11(10)13/h2-5,10-11H,6-8,13H2,1H3. The van der Waals surface area contributed by atoms with Crippen LogP contribution in [0.4, 0.5) is 0 Å². The van der Waals surface area contributed by atoms with Gasteiger partial charge in [0.1, 0.15) is 5.75 Å². The van der Waals surface area contributed by atoms with Gasteiger partial charge in [-0.25, -0.2) is 0 Å². The maximum atomic E-state index is 6.06. The molecule has 0 saturated carbocycles. The first-order valence-corrected chi connectivity index (χ1v) is 6.42. The van der Waals surface area contributed by atoms with E-state index in [1.54, 1.807) is 7.11 Å². The van der Waals surface area contributed by atoms with Crippen LogP contribution in [-0.2, 0) is 6.42 Å². The minimum absolute atomic E-state index is 0.347. The Morgan fingerprint density at radius 1 is 1.40 bits per heavy atom. The molecule has 2 unspecified atom stereocenters. The van der Waals surface area contributed by atoms with Crippen molar-refractivity contribution in [3.8, 4) is 5.75 Å². The Morgan fingerprint density at radius 3 is 2.87 bits per heavy atom. The molecule has 1 aromatic carbocycles. The zero-order chi connectivity index (χ0) is 10.7. The minimum Gasteiger partial charge on any atom is -0.496 e. The summed E-state index contributed by atoms with van der Waals surface area (Å²) in [6.45, 7) is 0. The third-order valence-electron chi connectivity index (χ3n) is 2.92. The van der Waals surface area contributed by atoms with Crippen molar-refractivity contribution < 1.29 is 4.74 Å². The summed E-state index contributed by atoms with van der Waals surface area (Å²) in [7, 11) is 1.72. The van der Waals surface area contributed by atoms with Crippen LogP contribution >= 0.6 is 11.8 Å². The maximum Gasteiger partial charge on any atom is 0.122 e. The largest absolute Gasteiger partial charge is 0.496 e. The number of benzene rings is 1. The molecular formula is C12H17NOS. The molecule has 1 aromatic rings. The average Bonchev–Trinajstić information content (AvgIpc) is 2.65. The van der Waals surface area contributed by atoms with E-state index in [1.807, 2.05) is 23.9 Å². The Hall–Kier alpha value is -0.670. The molecule has 3 heteroatoms. The van der Waals surface area contributed by atoms with Gasteiger partial charge in [0.2, 0.25) is 0 Å². The Kier molecular flexibility index (Phi) is 3.54. The van der Waals surface area contributed by atoms with E-state index in [0.29, 0.717) is 12.0 Å². The fraction of sp³-hybridized carbons (Fsp3) is 0.500. The van der Waals surface area contributed by atoms with Crippen molar-refractivity contribution in [2.45, 2.75) is 12.5 Å². The lowest BCUT2D eigenvalue weighted by molar-refractivity contribution is 0.403. The van der Waals surface area contributed by atoms with Crippen molar-refractivity contribution in [3.05, 3.63) is 29.8 Å². The molecule has 82 valence electrons. The van der Waals surface area contributed by atoms with Crippen LogP contribution in [0.15, 0.2) is 24.3 Å². The van der Waals surface area contributed by atoms with Crippen LogP contribution in [0.2, 0.25) is 0 Å². The van der Waals surface area contributed by atoms with Gasteiger partial charge < -0.3 is 10.5 Å². The Bertz CT molecular complexity index is 329. The van der Waals surface area contributed by atoms with Gasteiger partial charge >= 0.3 is 0 Å². The molecule has 15 heavy (non-hydrogen) atoms. The summed E-state index contributed by atoms with van der Waals surface area (Å²) >= 11 is 1.96. The van der Waals surface area contributed by atoms with Gasteiger partial charge in [0.15, 0.2) is 0 Å². The third-order valence-corrected chi connectivity index (χ3v) is 4.21. The number of hydrogen-bond donors (Lipinski definition) is 1. The molecule has 0 bridgehead atoms. The number of hydrogen-bond acceptors (Lipinski definition) is 3. The quantitative estimate of drug-likeness (QED) is 0.850. The van der Waals surface area contributed by atoms with Gasteiger partial charge in [-0.2, -0.15) is 11.8 Å². The van der Waals surface area contributed by atoms with E-state index in [-0.39, 0.29) is 0 Å². The van der Waals surface area contributed by atoms with Crippen LogP contribution in [0.1, 0.15) is 5.56 Å². The van der Waals surface area contributed by atoms with Crippen molar-refractivity contribution in [2.75, 3.05) is 18.6 Å². The van der Waals surface area contributed by atoms with E-state index in [9.17, 15) is 0 Å². The van der Waals surface area contributed by atoms with Crippen LogP contribution in [0.5, 0.6) is 5.75 Å². The summed E-state index contributed by atoms with van der Waals surface area (Å²) in [5.74, 6) is 3.87. The van der Waals surface area contributed by atoms with Gasteiger partial charge in [-0.3, -0.25) is 0 Å². The zero-order valence-electron chi connectivity index (χ0n) is 8.98. The first-order valence-electron chi connectivity index (χ1n) is 5.26. The highest BCUT2D eigenvalue weighted by atomic mass is 32.2. The van der Waals surface area contributed by atoms with Gasteiger partial charge in [-0.15, -0.1) is 0 Å². The van der Waals surface area contributed by atoms with E-state index >= 15 is 0 Å². The predicted molar refractivity (Wildman–Crippen MR) is 65.5 cm³/mol. The van der Waals surface area contributed by atoms with Crippen molar-refractivity contribution in [1.82, 2.24) is 0 Å². The Balaban J connectivity index is 2.09. The molecule has 0 aromatic heterocycles. The molecular weight excluding hydrogens is 206 g/mol. The molecule has 1 heterocycles. The summed E-state index contributed by atoms with van der Waals surface area (Å²) in [5.41, 5.74) is 7.34. The lowest BCUT2D eigenvalue weighted by Crippen LogP contribution is -2.29. The smallest absolute Gasteiger partial charge is 0.122 e. The monoisotopic (exact) mass is 223 g/mol. The summed E-state index contributed by atoms with van der Waals surface area (Å²) < 4.78 is 5.34. The SMILES string of the molecule is COc1ccccc1CC1CSCC1N. The normalized spacial score (nSPS) is 25.5. The van der Waals surface area contributed by atoms with Gasteiger partial charge in [-0.1, -0.05) is 18.2 Å². The number of rotatable bonds is 3. The minimum atomic E-state index is 0.347. The van der Waals surface area contributed by atoms with Crippen LogP contribution in [0, 0.1) is 5.92 Å². The molecule has 0 radical (unpaired) electrons. The van der Waals surface area contributed by atoms with Crippen LogP contribution in [-0.4, -0.2) is 24.7 Å². The third kappa shape index (κ3) is 2.47. The average molecular weight is 223 g/mol. The summed E-state index contributed by atoms with van der Waals surface area (Å²) in [6.07, 6.45) is 1.04. The molecule has 2 nitrogen and oxygen atoms in total. The first-order chi connectivity index (χ1) is 7.31. The summed E-state index contributed by atoms with van der Waals surface area (Å²) in [6, 6.07) is 8.56. The molecule has 2 atom stereocenters. The summed E-state index contributed by atoms with van der Waals surface area (Å²) in [4.78, 5) is 0. The van der Waals surface area contributed by atoms with E-state index < -0.39 is 0 Å². The van der Waals surface area contributed by atoms with Crippen molar-refractivity contribution in [1.29, 1.82) is 0 Å². The van der Waals surface area contributed by atoms with Crippen LogP contribution in [0.25, 0.3) is 0 Å². The van der Waals surface area contributed by atoms with Gasteiger partial charge in [0.25, 0.3) is 0 Å². The lowest BCUT2D eigenvalue weighted by Gasteiger charge is -2.16. The molecule has 0 amide bonds. The second kappa shape index (κ2) is 4.90. The van der Waals surface area contributed by atoms with Crippen LogP contribution < -0.4 is 10.5 Å². The molecule has 1 fully saturated rings. The summed E-state index contributed by atoms with van der Waals surface area (Å²) in [5, 5.41) is 0. The molecule has 1 aliphatic rings. The second-order valence-electron chi connectivity index (χ2n) is 3.98. The Morgan fingerprint density at radius 2 is 2.20 bits per heavy atom. The van der Waals surface area contributed by atoms with Gasteiger partial charge in [-0.05, 0) is 29.7 Å². The van der Waals surface area contributed by atoms with Gasteiger partial charge in [0.05, 0.1) is 7.11 Å². The second-order valence-corrected chi connectivity index (χ2v) is 5.05. The fourth-order valence-corrected chi connectivity index (χ4v) is 3.33. The number of thioether (sulfide) groups is 1. The predicted octanol–water partition coefficient (Wildman–Crippen LogP) is 1.93. The number of ether oxygens (including phenoxy) is 1. The topological polar surface area (TPSA) is 35.2 Å². The van der Waals surface area contributed by atoms with E-state index in [1.165, 1.54) is 11.3 Å². The van der Waals surface area contributed by atoms with Gasteiger partial charge in [0, 0.05) is 11.8 Å². The maximum absolute atomic E-state index is 6.06. The lowest BCUT2D eigenvalue weighted by atomic mass is 9.95. The molecule has 0 spiro atoms. The van der Waals surface area contributed by atoms with E-state index in [0.717, 1.165) is 17.9 Å². The van der Waals surface area contributed by atoms with Crippen LogP contribution in [0.3, 0.4) is 0 Å². The molecule has 1 saturated heterocycles. The number of para-hydroxylation sites is 1. The fourth-order valence-electron chi connectivity index (χ4n) is 1.98. The molecule has 2 N–H and O–H groups in total. The Labute approximate surface area is 95.2 Å². The van der Waals surface area contributed by atoms with Crippen molar-refractivity contribution >= 4 is 11.8 Å². The highest BCUT2D eigenvalue weighted by molar-refractivity contribution is 7.99. The molecule has 1 aliphatic heterocycles. The molecule has 0 aliphatic carbocycles. The molecule has 2 rings (SSSR count). The number of methoxy groups -OCH3 is 1. The van der Waals surface area contributed by atoms with E-state index in [2.05, 4.69) is 12.1 Å². The van der Waals surface area contributed by atoms with Crippen molar-refractivity contribution in [3.63, 3.8) is 0 Å². The number of nitrogens with two attached hydrogens (primary N) is 1. The first kappa shape index (κ1) is 10.8. The highest BCUT2D eigenvalue weighted by Crippen LogP contribution is 2.29. The van der Waals surface area contributed by atoms with E-state index in [4.69, 9.17) is 10.5 Å².